The van der Waals surface area contributed by atoms with Gasteiger partial charge in [0.05, 0.1) is 6.54 Å². The number of hydrogen-bond acceptors (Lipinski definition) is 3. The van der Waals surface area contributed by atoms with E-state index in [2.05, 4.69) is 5.32 Å². The number of benzene rings is 1. The molecule has 1 amide bonds. The van der Waals surface area contributed by atoms with Crippen molar-refractivity contribution >= 4 is 6.09 Å². The van der Waals surface area contributed by atoms with E-state index in [1.54, 1.807) is 0 Å². The Morgan fingerprint density at radius 2 is 2.14 bits per heavy atom. The van der Waals surface area contributed by atoms with Crippen molar-refractivity contribution in [2.45, 2.75) is 12.6 Å². The first kappa shape index (κ1) is 9.02. The number of nitrogens with two attached hydrogens (primary N) is 1. The van der Waals surface area contributed by atoms with Gasteiger partial charge in [-0.15, -0.1) is 0 Å². The maximum absolute atomic E-state index is 10.8. The minimum atomic E-state index is -0.349. The Labute approximate surface area is 82.1 Å². The van der Waals surface area contributed by atoms with E-state index < -0.39 is 0 Å². The van der Waals surface area contributed by atoms with Crippen molar-refractivity contribution in [2.24, 2.45) is 5.73 Å². The molecule has 1 saturated heterocycles. The molecule has 0 spiro atoms. The first-order valence-electron chi connectivity index (χ1n) is 4.53. The molecule has 1 aliphatic rings. The van der Waals surface area contributed by atoms with Gasteiger partial charge in [0.1, 0.15) is 6.10 Å². The SMILES string of the molecule is NCc1ccc(C2CNC(=O)O2)cc1. The van der Waals surface area contributed by atoms with Crippen molar-refractivity contribution in [2.75, 3.05) is 6.54 Å². The van der Waals surface area contributed by atoms with Gasteiger partial charge in [0.2, 0.25) is 0 Å². The van der Waals surface area contributed by atoms with E-state index in [4.69, 9.17) is 10.5 Å². The third kappa shape index (κ3) is 1.70. The van der Waals surface area contributed by atoms with Crippen LogP contribution in [0.15, 0.2) is 24.3 Å². The van der Waals surface area contributed by atoms with Crippen LogP contribution in [0.25, 0.3) is 0 Å². The minimum Gasteiger partial charge on any atom is -0.439 e. The lowest BCUT2D eigenvalue weighted by atomic mass is 10.1. The first-order valence-corrected chi connectivity index (χ1v) is 4.53. The molecule has 1 unspecified atom stereocenters. The minimum absolute atomic E-state index is 0.158. The van der Waals surface area contributed by atoms with Gasteiger partial charge >= 0.3 is 6.09 Å². The van der Waals surface area contributed by atoms with Gasteiger partial charge in [-0.3, -0.25) is 0 Å². The summed E-state index contributed by atoms with van der Waals surface area (Å²) in [7, 11) is 0. The van der Waals surface area contributed by atoms with Gasteiger partial charge in [-0.25, -0.2) is 4.79 Å². The third-order valence-electron chi connectivity index (χ3n) is 2.27. The topological polar surface area (TPSA) is 64.3 Å². The summed E-state index contributed by atoms with van der Waals surface area (Å²) < 4.78 is 5.04. The molecule has 0 bridgehead atoms. The molecular weight excluding hydrogens is 180 g/mol. The molecule has 1 aromatic rings. The Bertz CT molecular complexity index is 334. The summed E-state index contributed by atoms with van der Waals surface area (Å²) >= 11 is 0. The summed E-state index contributed by atoms with van der Waals surface area (Å²) in [5, 5.41) is 2.61. The normalized spacial score (nSPS) is 20.4. The van der Waals surface area contributed by atoms with Gasteiger partial charge in [-0.1, -0.05) is 24.3 Å². The largest absolute Gasteiger partial charge is 0.439 e. The van der Waals surface area contributed by atoms with Crippen LogP contribution in [0, 0.1) is 0 Å². The van der Waals surface area contributed by atoms with Crippen LogP contribution in [0.1, 0.15) is 17.2 Å². The van der Waals surface area contributed by atoms with E-state index in [-0.39, 0.29) is 12.2 Å². The highest BCUT2D eigenvalue weighted by Crippen LogP contribution is 2.20. The standard InChI is InChI=1S/C10H12N2O2/c11-5-7-1-3-8(4-2-7)9-6-12-10(13)14-9/h1-4,9H,5-6,11H2,(H,12,13). The summed E-state index contributed by atoms with van der Waals surface area (Å²) in [5.41, 5.74) is 7.55. The molecule has 2 rings (SSSR count). The highest BCUT2D eigenvalue weighted by Gasteiger charge is 2.23. The van der Waals surface area contributed by atoms with Crippen molar-refractivity contribution in [1.82, 2.24) is 5.32 Å². The molecule has 4 heteroatoms. The lowest BCUT2D eigenvalue weighted by molar-refractivity contribution is 0.141. The average molecular weight is 192 g/mol. The van der Waals surface area contributed by atoms with Crippen LogP contribution in [0.4, 0.5) is 4.79 Å². The van der Waals surface area contributed by atoms with Crippen molar-refractivity contribution < 1.29 is 9.53 Å². The molecule has 0 aromatic heterocycles. The summed E-state index contributed by atoms with van der Waals surface area (Å²) in [6, 6.07) is 7.77. The van der Waals surface area contributed by atoms with Crippen LogP contribution in [0.3, 0.4) is 0 Å². The Morgan fingerprint density at radius 1 is 1.43 bits per heavy atom. The second-order valence-electron chi connectivity index (χ2n) is 3.22. The predicted molar refractivity (Wildman–Crippen MR) is 51.6 cm³/mol. The average Bonchev–Trinajstić information content (AvgIpc) is 2.65. The second kappa shape index (κ2) is 3.67. The molecule has 1 heterocycles. The first-order chi connectivity index (χ1) is 6.79. The molecule has 1 aliphatic heterocycles. The second-order valence-corrected chi connectivity index (χ2v) is 3.22. The van der Waals surface area contributed by atoms with Crippen LogP contribution >= 0.6 is 0 Å². The maximum Gasteiger partial charge on any atom is 0.407 e. The molecule has 0 saturated carbocycles. The number of carbonyl (C=O) groups is 1. The molecule has 3 N–H and O–H groups in total. The Kier molecular flexibility index (Phi) is 2.37. The van der Waals surface area contributed by atoms with Crippen molar-refractivity contribution in [3.05, 3.63) is 35.4 Å². The molecule has 74 valence electrons. The molecule has 14 heavy (non-hydrogen) atoms. The summed E-state index contributed by atoms with van der Waals surface area (Å²) in [6.07, 6.45) is -0.507. The van der Waals surface area contributed by atoms with E-state index in [1.165, 1.54) is 0 Å². The zero-order valence-corrected chi connectivity index (χ0v) is 7.69. The third-order valence-corrected chi connectivity index (χ3v) is 2.27. The van der Waals surface area contributed by atoms with E-state index in [0.29, 0.717) is 13.1 Å². The van der Waals surface area contributed by atoms with Crippen LogP contribution in [0.2, 0.25) is 0 Å². The van der Waals surface area contributed by atoms with Gasteiger partial charge in [0.25, 0.3) is 0 Å². The van der Waals surface area contributed by atoms with Crippen molar-refractivity contribution in [3.63, 3.8) is 0 Å². The molecule has 0 radical (unpaired) electrons. The molecule has 4 nitrogen and oxygen atoms in total. The lowest BCUT2D eigenvalue weighted by Gasteiger charge is -2.08. The summed E-state index contributed by atoms with van der Waals surface area (Å²) in [4.78, 5) is 10.8. The lowest BCUT2D eigenvalue weighted by Crippen LogP contribution is -2.12. The number of cyclic esters (lactones) is 1. The van der Waals surface area contributed by atoms with Gasteiger partial charge in [-0.05, 0) is 11.1 Å². The maximum atomic E-state index is 10.8. The zero-order valence-electron chi connectivity index (χ0n) is 7.69. The summed E-state index contributed by atoms with van der Waals surface area (Å²) in [5.74, 6) is 0. The van der Waals surface area contributed by atoms with Crippen LogP contribution in [0.5, 0.6) is 0 Å². The monoisotopic (exact) mass is 192 g/mol. The van der Waals surface area contributed by atoms with E-state index in [9.17, 15) is 4.79 Å². The van der Waals surface area contributed by atoms with Gasteiger partial charge in [-0.2, -0.15) is 0 Å². The highest BCUT2D eigenvalue weighted by molar-refractivity contribution is 5.69. The zero-order chi connectivity index (χ0) is 9.97. The van der Waals surface area contributed by atoms with Crippen molar-refractivity contribution in [3.8, 4) is 0 Å². The predicted octanol–water partition coefficient (Wildman–Crippen LogP) is 0.926. The number of nitrogens with one attached hydrogen (secondary N) is 1. The molecule has 1 fully saturated rings. The fraction of sp³-hybridized carbons (Fsp3) is 0.300. The number of alkyl carbamates (subject to hydrolysis) is 1. The number of ether oxygens (including phenoxy) is 1. The molecule has 1 aromatic carbocycles. The quantitative estimate of drug-likeness (QED) is 0.732. The fourth-order valence-corrected chi connectivity index (χ4v) is 1.44. The van der Waals surface area contributed by atoms with Crippen LogP contribution < -0.4 is 11.1 Å². The van der Waals surface area contributed by atoms with Gasteiger partial charge < -0.3 is 15.8 Å². The Balaban J connectivity index is 2.13. The van der Waals surface area contributed by atoms with E-state index in [0.717, 1.165) is 11.1 Å². The van der Waals surface area contributed by atoms with E-state index in [1.807, 2.05) is 24.3 Å². The molecular formula is C10H12N2O2. The Hall–Kier alpha value is -1.55. The van der Waals surface area contributed by atoms with Crippen LogP contribution in [-0.2, 0) is 11.3 Å². The van der Waals surface area contributed by atoms with Gasteiger partial charge in [0, 0.05) is 6.54 Å². The highest BCUT2D eigenvalue weighted by atomic mass is 16.6. The summed E-state index contributed by atoms with van der Waals surface area (Å²) in [6.45, 7) is 1.07. The van der Waals surface area contributed by atoms with Crippen molar-refractivity contribution in [1.29, 1.82) is 0 Å². The fourth-order valence-electron chi connectivity index (χ4n) is 1.44. The Morgan fingerprint density at radius 3 is 2.64 bits per heavy atom. The van der Waals surface area contributed by atoms with Crippen LogP contribution in [-0.4, -0.2) is 12.6 Å². The molecule has 1 atom stereocenters. The number of carbonyl (C=O) groups excluding carboxylic acids is 1. The van der Waals surface area contributed by atoms with Gasteiger partial charge in [0.15, 0.2) is 0 Å². The number of hydrogen-bond donors (Lipinski definition) is 2. The molecule has 0 aliphatic carbocycles. The smallest absolute Gasteiger partial charge is 0.407 e. The number of amides is 1. The van der Waals surface area contributed by atoms with E-state index >= 15 is 0 Å². The number of rotatable bonds is 2.